The van der Waals surface area contributed by atoms with Crippen LogP contribution in [0.25, 0.3) is 0 Å². The Morgan fingerprint density at radius 1 is 1.57 bits per heavy atom. The molecule has 1 heterocycles. The molecular weight excluding hydrogens is 278 g/mol. The summed E-state index contributed by atoms with van der Waals surface area (Å²) in [5, 5.41) is 22.3. The van der Waals surface area contributed by atoms with Crippen molar-refractivity contribution in [2.24, 2.45) is 0 Å². The van der Waals surface area contributed by atoms with Crippen LogP contribution in [-0.2, 0) is 4.79 Å². The van der Waals surface area contributed by atoms with Crippen LogP contribution >= 0.6 is 0 Å². The summed E-state index contributed by atoms with van der Waals surface area (Å²) in [6.07, 6.45) is 3.99. The van der Waals surface area contributed by atoms with Gasteiger partial charge in [0.05, 0.1) is 11.1 Å². The standard InChI is InChI=1S/C13H17N3O5/c1-2-3-10(13(18)19)14-12(17)11-6-9(16(20)21)7-15(11)8-4-5-8/h6-8,10H,2-5H2,1H3,(H,14,17)(H,18,19). The van der Waals surface area contributed by atoms with Gasteiger partial charge in [-0.15, -0.1) is 0 Å². The molecule has 1 unspecified atom stereocenters. The summed E-state index contributed by atoms with van der Waals surface area (Å²) in [7, 11) is 0. The van der Waals surface area contributed by atoms with Crippen molar-refractivity contribution in [3.05, 3.63) is 28.1 Å². The van der Waals surface area contributed by atoms with E-state index in [-0.39, 0.29) is 17.4 Å². The average Bonchev–Trinajstić information content (AvgIpc) is 3.16. The van der Waals surface area contributed by atoms with Crippen molar-refractivity contribution in [2.45, 2.75) is 44.7 Å². The van der Waals surface area contributed by atoms with E-state index in [2.05, 4.69) is 5.32 Å². The molecule has 1 saturated carbocycles. The zero-order chi connectivity index (χ0) is 15.6. The van der Waals surface area contributed by atoms with Crippen LogP contribution in [0.4, 0.5) is 5.69 Å². The molecule has 1 aliphatic rings. The number of carbonyl (C=O) groups is 2. The molecule has 1 amide bonds. The number of rotatable bonds is 7. The predicted octanol–water partition coefficient (Wildman–Crippen LogP) is 1.71. The molecule has 8 nitrogen and oxygen atoms in total. The van der Waals surface area contributed by atoms with Gasteiger partial charge in [0.25, 0.3) is 11.6 Å². The number of hydrogen-bond acceptors (Lipinski definition) is 4. The highest BCUT2D eigenvalue weighted by molar-refractivity contribution is 5.96. The lowest BCUT2D eigenvalue weighted by Crippen LogP contribution is -2.41. The second-order valence-electron chi connectivity index (χ2n) is 5.13. The maximum atomic E-state index is 12.2. The Morgan fingerprint density at radius 3 is 2.71 bits per heavy atom. The molecule has 0 spiro atoms. The smallest absolute Gasteiger partial charge is 0.326 e. The van der Waals surface area contributed by atoms with Crippen LogP contribution in [0.1, 0.15) is 49.1 Å². The van der Waals surface area contributed by atoms with E-state index < -0.39 is 22.8 Å². The first-order valence-electron chi connectivity index (χ1n) is 6.84. The summed E-state index contributed by atoms with van der Waals surface area (Å²) < 4.78 is 1.57. The number of carboxylic acids is 1. The second-order valence-corrected chi connectivity index (χ2v) is 5.13. The minimum absolute atomic E-state index is 0.0916. The molecule has 1 atom stereocenters. The van der Waals surface area contributed by atoms with E-state index >= 15 is 0 Å². The summed E-state index contributed by atoms with van der Waals surface area (Å²) in [6.45, 7) is 1.82. The minimum atomic E-state index is -1.11. The zero-order valence-corrected chi connectivity index (χ0v) is 11.6. The fraction of sp³-hybridized carbons (Fsp3) is 0.538. The van der Waals surface area contributed by atoms with Gasteiger partial charge in [-0.2, -0.15) is 0 Å². The molecule has 1 fully saturated rings. The number of aromatic nitrogens is 1. The predicted molar refractivity (Wildman–Crippen MR) is 73.2 cm³/mol. The van der Waals surface area contributed by atoms with Gasteiger partial charge >= 0.3 is 5.97 Å². The Kier molecular flexibility index (Phi) is 4.25. The van der Waals surface area contributed by atoms with E-state index in [9.17, 15) is 19.7 Å². The lowest BCUT2D eigenvalue weighted by atomic mass is 10.1. The quantitative estimate of drug-likeness (QED) is 0.587. The van der Waals surface area contributed by atoms with Gasteiger partial charge in [-0.25, -0.2) is 4.79 Å². The normalized spacial score (nSPS) is 15.5. The molecule has 21 heavy (non-hydrogen) atoms. The van der Waals surface area contributed by atoms with Crippen LogP contribution < -0.4 is 5.32 Å². The first kappa shape index (κ1) is 15.0. The molecule has 1 aromatic heterocycles. The van der Waals surface area contributed by atoms with E-state index in [0.717, 1.165) is 12.8 Å². The van der Waals surface area contributed by atoms with Crippen molar-refractivity contribution >= 4 is 17.6 Å². The van der Waals surface area contributed by atoms with E-state index in [0.29, 0.717) is 12.8 Å². The summed E-state index contributed by atoms with van der Waals surface area (Å²) in [5.41, 5.74) is -0.0130. The van der Waals surface area contributed by atoms with Crippen LogP contribution in [0.5, 0.6) is 0 Å². The fourth-order valence-electron chi connectivity index (χ4n) is 2.18. The number of nitrogens with one attached hydrogen (secondary N) is 1. The van der Waals surface area contributed by atoms with Gasteiger partial charge in [0.2, 0.25) is 0 Å². The zero-order valence-electron chi connectivity index (χ0n) is 11.6. The van der Waals surface area contributed by atoms with Gasteiger partial charge in [0.15, 0.2) is 0 Å². The van der Waals surface area contributed by atoms with Crippen LogP contribution in [0.3, 0.4) is 0 Å². The Balaban J connectivity index is 2.21. The summed E-state index contributed by atoms with van der Waals surface area (Å²) in [6, 6.07) is 0.302. The van der Waals surface area contributed by atoms with E-state index in [1.54, 1.807) is 4.57 Å². The molecule has 2 rings (SSSR count). The topological polar surface area (TPSA) is 114 Å². The molecule has 1 aromatic rings. The molecule has 8 heteroatoms. The van der Waals surface area contributed by atoms with Crippen molar-refractivity contribution < 1.29 is 19.6 Å². The maximum Gasteiger partial charge on any atom is 0.326 e. The van der Waals surface area contributed by atoms with Gasteiger partial charge < -0.3 is 15.0 Å². The van der Waals surface area contributed by atoms with Crippen molar-refractivity contribution in [3.63, 3.8) is 0 Å². The SMILES string of the molecule is CCCC(NC(=O)c1cc([N+](=O)[O-])cn1C1CC1)C(=O)O. The number of aliphatic carboxylic acids is 1. The fourth-order valence-corrected chi connectivity index (χ4v) is 2.18. The summed E-state index contributed by atoms with van der Waals surface area (Å²) in [4.78, 5) is 33.5. The lowest BCUT2D eigenvalue weighted by molar-refractivity contribution is -0.384. The van der Waals surface area contributed by atoms with Crippen LogP contribution in [0.15, 0.2) is 12.3 Å². The number of nitrogens with zero attached hydrogens (tertiary/aromatic N) is 2. The monoisotopic (exact) mass is 295 g/mol. The van der Waals surface area contributed by atoms with Crippen LogP contribution in [0.2, 0.25) is 0 Å². The van der Waals surface area contributed by atoms with Gasteiger partial charge in [-0.1, -0.05) is 13.3 Å². The largest absolute Gasteiger partial charge is 0.480 e. The maximum absolute atomic E-state index is 12.2. The molecule has 114 valence electrons. The molecule has 0 aromatic carbocycles. The summed E-state index contributed by atoms with van der Waals surface area (Å²) in [5.74, 6) is -1.69. The third-order valence-electron chi connectivity index (χ3n) is 3.40. The molecule has 0 saturated heterocycles. The van der Waals surface area contributed by atoms with Crippen molar-refractivity contribution in [1.29, 1.82) is 0 Å². The van der Waals surface area contributed by atoms with Crippen molar-refractivity contribution in [2.75, 3.05) is 0 Å². The Morgan fingerprint density at radius 2 is 2.24 bits per heavy atom. The Labute approximate surface area is 120 Å². The number of carbonyl (C=O) groups excluding carboxylic acids is 1. The summed E-state index contributed by atoms with van der Waals surface area (Å²) >= 11 is 0. The van der Waals surface area contributed by atoms with Crippen LogP contribution in [0, 0.1) is 10.1 Å². The van der Waals surface area contributed by atoms with E-state index in [1.165, 1.54) is 12.3 Å². The molecule has 0 radical (unpaired) electrons. The number of carboxylic acid groups (broad SMARTS) is 1. The third kappa shape index (κ3) is 3.39. The van der Waals surface area contributed by atoms with Crippen molar-refractivity contribution in [3.8, 4) is 0 Å². The molecule has 2 N–H and O–H groups in total. The first-order valence-corrected chi connectivity index (χ1v) is 6.84. The second kappa shape index (κ2) is 5.94. The van der Waals surface area contributed by atoms with Gasteiger partial charge in [-0.3, -0.25) is 14.9 Å². The molecule has 0 bridgehead atoms. The molecular formula is C13H17N3O5. The highest BCUT2D eigenvalue weighted by Crippen LogP contribution is 2.37. The lowest BCUT2D eigenvalue weighted by Gasteiger charge is -2.14. The Bertz CT molecular complexity index is 576. The van der Waals surface area contributed by atoms with Gasteiger partial charge in [0, 0.05) is 12.1 Å². The van der Waals surface area contributed by atoms with E-state index in [4.69, 9.17) is 5.11 Å². The first-order chi connectivity index (χ1) is 9.93. The van der Waals surface area contributed by atoms with Gasteiger partial charge in [-0.05, 0) is 19.3 Å². The highest BCUT2D eigenvalue weighted by atomic mass is 16.6. The van der Waals surface area contributed by atoms with Crippen molar-refractivity contribution in [1.82, 2.24) is 9.88 Å². The van der Waals surface area contributed by atoms with Crippen LogP contribution in [-0.4, -0.2) is 32.5 Å². The number of amides is 1. The minimum Gasteiger partial charge on any atom is -0.480 e. The molecule has 0 aliphatic heterocycles. The number of nitro groups is 1. The van der Waals surface area contributed by atoms with Gasteiger partial charge in [0.1, 0.15) is 11.7 Å². The number of hydrogen-bond donors (Lipinski definition) is 2. The third-order valence-corrected chi connectivity index (χ3v) is 3.40. The highest BCUT2D eigenvalue weighted by Gasteiger charge is 2.31. The average molecular weight is 295 g/mol. The Hall–Kier alpha value is -2.38. The van der Waals surface area contributed by atoms with E-state index in [1.807, 2.05) is 6.92 Å². The molecule has 1 aliphatic carbocycles.